The Morgan fingerprint density at radius 2 is 1.50 bits per heavy atom. The standard InChI is InChI=1S/C19H19NO2/c1-12(2)10-11-20-16-9-5-8-15-17(16)19(22)14-7-4-3-6-13(14)18(15)21/h3-9,12,20H,10-11H2,1-2H3. The maximum absolute atomic E-state index is 12.8. The average Bonchev–Trinajstić information content (AvgIpc) is 2.52. The van der Waals surface area contributed by atoms with Crippen molar-refractivity contribution in [1.82, 2.24) is 0 Å². The van der Waals surface area contributed by atoms with E-state index in [4.69, 9.17) is 0 Å². The summed E-state index contributed by atoms with van der Waals surface area (Å²) in [6, 6.07) is 12.5. The molecule has 3 nitrogen and oxygen atoms in total. The summed E-state index contributed by atoms with van der Waals surface area (Å²) in [5.41, 5.74) is 2.76. The Hall–Kier alpha value is -2.42. The van der Waals surface area contributed by atoms with Crippen molar-refractivity contribution < 1.29 is 9.59 Å². The van der Waals surface area contributed by atoms with Crippen LogP contribution in [0.3, 0.4) is 0 Å². The molecule has 0 aliphatic heterocycles. The number of ketones is 2. The highest BCUT2D eigenvalue weighted by Gasteiger charge is 2.31. The fourth-order valence-electron chi connectivity index (χ4n) is 2.79. The number of hydrogen-bond donors (Lipinski definition) is 1. The lowest BCUT2D eigenvalue weighted by Gasteiger charge is -2.21. The number of anilines is 1. The molecule has 2 aromatic carbocycles. The Balaban J connectivity index is 2.01. The van der Waals surface area contributed by atoms with E-state index in [0.717, 1.165) is 18.7 Å². The van der Waals surface area contributed by atoms with Gasteiger partial charge in [0.15, 0.2) is 11.6 Å². The molecule has 2 aromatic rings. The van der Waals surface area contributed by atoms with Crippen LogP contribution in [0.5, 0.6) is 0 Å². The number of nitrogens with one attached hydrogen (secondary N) is 1. The molecule has 0 heterocycles. The number of benzene rings is 2. The van der Waals surface area contributed by atoms with E-state index in [1.807, 2.05) is 12.1 Å². The smallest absolute Gasteiger partial charge is 0.196 e. The molecule has 0 atom stereocenters. The lowest BCUT2D eigenvalue weighted by atomic mass is 9.83. The monoisotopic (exact) mass is 293 g/mol. The number of carbonyl (C=O) groups is 2. The van der Waals surface area contributed by atoms with E-state index >= 15 is 0 Å². The first-order valence-electron chi connectivity index (χ1n) is 7.65. The fraction of sp³-hybridized carbons (Fsp3) is 0.263. The predicted octanol–water partition coefficient (Wildman–Crippen LogP) is 3.92. The zero-order valence-corrected chi connectivity index (χ0v) is 12.8. The number of rotatable bonds is 4. The van der Waals surface area contributed by atoms with E-state index in [1.54, 1.807) is 30.3 Å². The van der Waals surface area contributed by atoms with Gasteiger partial charge in [0.25, 0.3) is 0 Å². The van der Waals surface area contributed by atoms with Crippen LogP contribution in [0.2, 0.25) is 0 Å². The SMILES string of the molecule is CC(C)CCNc1cccc2c1C(=O)c1ccccc1C2=O. The van der Waals surface area contributed by atoms with Gasteiger partial charge in [0.2, 0.25) is 0 Å². The van der Waals surface area contributed by atoms with Crippen LogP contribution >= 0.6 is 0 Å². The second-order valence-corrected chi connectivity index (χ2v) is 6.04. The molecule has 3 rings (SSSR count). The summed E-state index contributed by atoms with van der Waals surface area (Å²) < 4.78 is 0. The molecule has 0 saturated carbocycles. The maximum Gasteiger partial charge on any atom is 0.196 e. The molecule has 0 radical (unpaired) electrons. The van der Waals surface area contributed by atoms with Crippen LogP contribution in [-0.2, 0) is 0 Å². The first-order chi connectivity index (χ1) is 10.6. The second-order valence-electron chi connectivity index (χ2n) is 6.04. The number of hydrogen-bond acceptors (Lipinski definition) is 3. The van der Waals surface area contributed by atoms with Crippen LogP contribution in [0.15, 0.2) is 42.5 Å². The number of fused-ring (bicyclic) bond motifs is 2. The van der Waals surface area contributed by atoms with Gasteiger partial charge in [-0.05, 0) is 18.4 Å². The topological polar surface area (TPSA) is 46.2 Å². The van der Waals surface area contributed by atoms with E-state index in [9.17, 15) is 9.59 Å². The minimum Gasteiger partial charge on any atom is -0.384 e. The number of carbonyl (C=O) groups excluding carboxylic acids is 2. The third kappa shape index (κ3) is 2.43. The van der Waals surface area contributed by atoms with Gasteiger partial charge in [0, 0.05) is 28.9 Å². The minimum atomic E-state index is -0.0716. The van der Waals surface area contributed by atoms with Crippen LogP contribution in [-0.4, -0.2) is 18.1 Å². The van der Waals surface area contributed by atoms with Crippen molar-refractivity contribution in [3.63, 3.8) is 0 Å². The lowest BCUT2D eigenvalue weighted by Crippen LogP contribution is -2.22. The van der Waals surface area contributed by atoms with Gasteiger partial charge in [-0.25, -0.2) is 0 Å². The van der Waals surface area contributed by atoms with Gasteiger partial charge in [0.1, 0.15) is 0 Å². The van der Waals surface area contributed by atoms with Gasteiger partial charge in [-0.3, -0.25) is 9.59 Å². The van der Waals surface area contributed by atoms with Gasteiger partial charge >= 0.3 is 0 Å². The summed E-state index contributed by atoms with van der Waals surface area (Å²) in [6.45, 7) is 5.11. The molecule has 3 heteroatoms. The van der Waals surface area contributed by atoms with Crippen molar-refractivity contribution in [2.45, 2.75) is 20.3 Å². The fourth-order valence-corrected chi connectivity index (χ4v) is 2.79. The zero-order valence-electron chi connectivity index (χ0n) is 12.8. The highest BCUT2D eigenvalue weighted by atomic mass is 16.1. The first kappa shape index (κ1) is 14.5. The van der Waals surface area contributed by atoms with E-state index in [2.05, 4.69) is 19.2 Å². The molecule has 0 aromatic heterocycles. The molecule has 112 valence electrons. The molecule has 1 aliphatic carbocycles. The molecule has 1 aliphatic rings. The van der Waals surface area contributed by atoms with Crippen molar-refractivity contribution in [3.05, 3.63) is 64.7 Å². The van der Waals surface area contributed by atoms with E-state index < -0.39 is 0 Å². The summed E-state index contributed by atoms with van der Waals surface area (Å²) in [5, 5.41) is 3.31. The summed E-state index contributed by atoms with van der Waals surface area (Å²) in [4.78, 5) is 25.4. The van der Waals surface area contributed by atoms with Gasteiger partial charge in [-0.2, -0.15) is 0 Å². The lowest BCUT2D eigenvalue weighted by molar-refractivity contribution is 0.0979. The largest absolute Gasteiger partial charge is 0.384 e. The van der Waals surface area contributed by atoms with Crippen LogP contribution in [0, 0.1) is 5.92 Å². The Morgan fingerprint density at radius 3 is 2.18 bits per heavy atom. The Kier molecular flexibility index (Phi) is 3.80. The molecule has 22 heavy (non-hydrogen) atoms. The molecule has 0 fully saturated rings. The second kappa shape index (κ2) is 5.76. The normalized spacial score (nSPS) is 13.0. The molecule has 0 bridgehead atoms. The van der Waals surface area contributed by atoms with Crippen molar-refractivity contribution in [1.29, 1.82) is 0 Å². The van der Waals surface area contributed by atoms with E-state index in [0.29, 0.717) is 28.2 Å². The quantitative estimate of drug-likeness (QED) is 0.793. The van der Waals surface area contributed by atoms with Crippen LogP contribution in [0.4, 0.5) is 5.69 Å². The van der Waals surface area contributed by atoms with Gasteiger partial charge < -0.3 is 5.32 Å². The molecular weight excluding hydrogens is 274 g/mol. The van der Waals surface area contributed by atoms with Crippen LogP contribution < -0.4 is 5.32 Å². The summed E-state index contributed by atoms with van der Waals surface area (Å²) >= 11 is 0. The van der Waals surface area contributed by atoms with Crippen molar-refractivity contribution in [3.8, 4) is 0 Å². The van der Waals surface area contributed by atoms with Crippen molar-refractivity contribution >= 4 is 17.3 Å². The highest BCUT2D eigenvalue weighted by Crippen LogP contribution is 2.31. The summed E-state index contributed by atoms with van der Waals surface area (Å²) in [7, 11) is 0. The molecule has 0 saturated heterocycles. The van der Waals surface area contributed by atoms with Gasteiger partial charge in [-0.1, -0.05) is 50.2 Å². The van der Waals surface area contributed by atoms with Crippen LogP contribution in [0.25, 0.3) is 0 Å². The third-order valence-corrected chi connectivity index (χ3v) is 3.99. The molecule has 0 spiro atoms. The third-order valence-electron chi connectivity index (χ3n) is 3.99. The Bertz CT molecular complexity index is 747. The van der Waals surface area contributed by atoms with Crippen molar-refractivity contribution in [2.24, 2.45) is 5.92 Å². The molecule has 0 unspecified atom stereocenters. The zero-order chi connectivity index (χ0) is 15.7. The van der Waals surface area contributed by atoms with Gasteiger partial charge in [0.05, 0.1) is 5.56 Å². The average molecular weight is 293 g/mol. The summed E-state index contributed by atoms with van der Waals surface area (Å²) in [5.74, 6) is 0.445. The highest BCUT2D eigenvalue weighted by molar-refractivity contribution is 6.30. The van der Waals surface area contributed by atoms with Crippen LogP contribution in [0.1, 0.15) is 52.1 Å². The van der Waals surface area contributed by atoms with Gasteiger partial charge in [-0.15, -0.1) is 0 Å². The minimum absolute atomic E-state index is 0.0714. The maximum atomic E-state index is 12.8. The predicted molar refractivity (Wildman–Crippen MR) is 87.7 cm³/mol. The van der Waals surface area contributed by atoms with E-state index in [-0.39, 0.29) is 11.6 Å². The molecule has 1 N–H and O–H groups in total. The molecular formula is C19H19NO2. The summed E-state index contributed by atoms with van der Waals surface area (Å²) in [6.07, 6.45) is 1.02. The van der Waals surface area contributed by atoms with Crippen molar-refractivity contribution in [2.75, 3.05) is 11.9 Å². The Labute approximate surface area is 130 Å². The van der Waals surface area contributed by atoms with E-state index in [1.165, 1.54) is 0 Å². The Morgan fingerprint density at radius 1 is 0.864 bits per heavy atom. The first-order valence-corrected chi connectivity index (χ1v) is 7.65. The molecule has 0 amide bonds.